The molecular weight excluding hydrogens is 384 g/mol. The fourth-order valence-corrected chi connectivity index (χ4v) is 3.84. The van der Waals surface area contributed by atoms with E-state index >= 15 is 0 Å². The number of hydrogen-bond acceptors (Lipinski definition) is 3. The van der Waals surface area contributed by atoms with Crippen LogP contribution in [0.15, 0.2) is 42.6 Å². The van der Waals surface area contributed by atoms with E-state index in [9.17, 15) is 13.6 Å². The van der Waals surface area contributed by atoms with Crippen LogP contribution in [-0.2, 0) is 11.2 Å². The lowest BCUT2D eigenvalue weighted by Gasteiger charge is -2.49. The summed E-state index contributed by atoms with van der Waals surface area (Å²) in [6.07, 6.45) is 2.18. The topological polar surface area (TPSA) is 45.2 Å². The van der Waals surface area contributed by atoms with Gasteiger partial charge in [-0.05, 0) is 42.7 Å². The molecule has 148 valence electrons. The molecule has 0 radical (unpaired) electrons. The van der Waals surface area contributed by atoms with Gasteiger partial charge in [0.15, 0.2) is 0 Å². The van der Waals surface area contributed by atoms with E-state index in [2.05, 4.69) is 10.3 Å². The molecule has 0 bridgehead atoms. The first-order valence-corrected chi connectivity index (χ1v) is 9.73. The van der Waals surface area contributed by atoms with Crippen molar-refractivity contribution < 1.29 is 13.6 Å². The normalized spacial score (nSPS) is 21.7. The molecule has 2 fully saturated rings. The summed E-state index contributed by atoms with van der Waals surface area (Å²) in [7, 11) is 0. The average molecular weight is 406 g/mol. The van der Waals surface area contributed by atoms with Gasteiger partial charge in [0.05, 0.1) is 5.41 Å². The molecule has 2 aromatic rings. The number of alkyl halides is 2. The quantitative estimate of drug-likeness (QED) is 0.793. The van der Waals surface area contributed by atoms with E-state index in [1.807, 2.05) is 36.1 Å². The average Bonchev–Trinajstić information content (AvgIpc) is 3.25. The Morgan fingerprint density at radius 3 is 2.50 bits per heavy atom. The van der Waals surface area contributed by atoms with Crippen molar-refractivity contribution in [2.24, 2.45) is 11.3 Å². The number of aryl methyl sites for hydroxylation is 1. The number of nitrogens with one attached hydrogen (secondary N) is 1. The Morgan fingerprint density at radius 2 is 1.93 bits per heavy atom. The molecule has 1 aromatic carbocycles. The number of nitrogens with zero attached hydrogens (tertiary/aromatic N) is 2. The fraction of sp³-hybridized carbons (Fsp3) is 0.429. The van der Waals surface area contributed by atoms with E-state index in [-0.39, 0.29) is 18.9 Å². The Bertz CT molecular complexity index is 864. The van der Waals surface area contributed by atoms with Crippen LogP contribution < -0.4 is 10.2 Å². The summed E-state index contributed by atoms with van der Waals surface area (Å²) in [4.78, 5) is 19.4. The first kappa shape index (κ1) is 19.1. The van der Waals surface area contributed by atoms with Crippen LogP contribution in [0.3, 0.4) is 0 Å². The third-order valence-electron chi connectivity index (χ3n) is 5.61. The minimum atomic E-state index is -2.63. The first-order valence-electron chi connectivity index (χ1n) is 9.36. The predicted octanol–water partition coefficient (Wildman–Crippen LogP) is 3.86. The highest BCUT2D eigenvalue weighted by Crippen LogP contribution is 2.48. The third-order valence-corrected chi connectivity index (χ3v) is 5.86. The third kappa shape index (κ3) is 3.83. The van der Waals surface area contributed by atoms with E-state index in [0.29, 0.717) is 24.5 Å². The van der Waals surface area contributed by atoms with Crippen LogP contribution in [0.25, 0.3) is 0 Å². The van der Waals surface area contributed by atoms with Gasteiger partial charge in [0.1, 0.15) is 5.82 Å². The Balaban J connectivity index is 1.47. The molecule has 1 unspecified atom stereocenters. The Hall–Kier alpha value is -2.21. The van der Waals surface area contributed by atoms with Crippen molar-refractivity contribution in [3.8, 4) is 0 Å². The molecule has 0 spiro atoms. The lowest BCUT2D eigenvalue weighted by Crippen LogP contribution is -2.65. The number of hydrogen-bond donors (Lipinski definition) is 1. The standard InChI is InChI=1S/C21H22ClF2N3O/c1-14-2-7-18(25-10-14)27-12-20(13-27,8-15-3-5-17(22)6-4-15)19(28)26-11-16-9-21(16,23)24/h2-7,10,16H,8-9,11-13H2,1H3,(H,26,28). The van der Waals surface area contributed by atoms with Gasteiger partial charge in [0.2, 0.25) is 5.91 Å². The van der Waals surface area contributed by atoms with Crippen molar-refractivity contribution in [2.45, 2.75) is 25.7 Å². The molecule has 2 aliphatic rings. The molecule has 1 saturated heterocycles. The zero-order valence-corrected chi connectivity index (χ0v) is 16.3. The first-order chi connectivity index (χ1) is 13.3. The molecule has 4 nitrogen and oxygen atoms in total. The minimum Gasteiger partial charge on any atom is -0.355 e. The van der Waals surface area contributed by atoms with E-state index in [1.54, 1.807) is 18.3 Å². The van der Waals surface area contributed by atoms with Crippen LogP contribution in [0.1, 0.15) is 17.5 Å². The number of carbonyl (C=O) groups is 1. The summed E-state index contributed by atoms with van der Waals surface area (Å²) in [6.45, 7) is 2.99. The van der Waals surface area contributed by atoms with Crippen molar-refractivity contribution in [3.63, 3.8) is 0 Å². The zero-order valence-electron chi connectivity index (χ0n) is 15.6. The van der Waals surface area contributed by atoms with E-state index in [1.165, 1.54) is 0 Å². The molecule has 28 heavy (non-hydrogen) atoms. The molecule has 2 heterocycles. The molecule has 1 aliphatic carbocycles. The number of benzene rings is 1. The molecule has 7 heteroatoms. The van der Waals surface area contributed by atoms with Gasteiger partial charge in [-0.3, -0.25) is 4.79 Å². The van der Waals surface area contributed by atoms with Crippen LogP contribution in [0.2, 0.25) is 5.02 Å². The number of rotatable bonds is 6. The smallest absolute Gasteiger partial charge is 0.253 e. The van der Waals surface area contributed by atoms with Gasteiger partial charge in [-0.25, -0.2) is 13.8 Å². The Kier molecular flexibility index (Phi) is 4.78. The Morgan fingerprint density at radius 1 is 1.25 bits per heavy atom. The number of aromatic nitrogens is 1. The van der Waals surface area contributed by atoms with Gasteiger partial charge in [0.25, 0.3) is 5.92 Å². The monoisotopic (exact) mass is 405 g/mol. The lowest BCUT2D eigenvalue weighted by atomic mass is 9.73. The minimum absolute atomic E-state index is 0.0248. The van der Waals surface area contributed by atoms with Gasteiger partial charge in [-0.15, -0.1) is 0 Å². The van der Waals surface area contributed by atoms with Gasteiger partial charge in [0, 0.05) is 43.2 Å². The molecule has 1 atom stereocenters. The highest BCUT2D eigenvalue weighted by atomic mass is 35.5. The molecule has 1 aliphatic heterocycles. The van der Waals surface area contributed by atoms with E-state index in [4.69, 9.17) is 11.6 Å². The molecule has 1 aromatic heterocycles. The van der Waals surface area contributed by atoms with Crippen molar-refractivity contribution in [1.29, 1.82) is 0 Å². The van der Waals surface area contributed by atoms with Gasteiger partial charge in [-0.1, -0.05) is 29.8 Å². The molecule has 1 N–H and O–H groups in total. The van der Waals surface area contributed by atoms with Crippen molar-refractivity contribution in [3.05, 3.63) is 58.7 Å². The zero-order chi connectivity index (χ0) is 19.9. The van der Waals surface area contributed by atoms with Crippen molar-refractivity contribution in [1.82, 2.24) is 10.3 Å². The summed E-state index contributed by atoms with van der Waals surface area (Å²) in [6, 6.07) is 11.3. The van der Waals surface area contributed by atoms with E-state index in [0.717, 1.165) is 16.9 Å². The Labute approximate surface area is 167 Å². The number of amides is 1. The number of carbonyl (C=O) groups excluding carboxylic acids is 1. The summed E-state index contributed by atoms with van der Waals surface area (Å²) >= 11 is 5.96. The molecule has 1 saturated carbocycles. The highest BCUT2D eigenvalue weighted by Gasteiger charge is 2.57. The molecular formula is C21H22ClF2N3O. The van der Waals surface area contributed by atoms with Crippen LogP contribution in [-0.4, -0.2) is 36.4 Å². The SMILES string of the molecule is Cc1ccc(N2CC(Cc3ccc(Cl)cc3)(C(=O)NCC3CC3(F)F)C2)nc1. The number of anilines is 1. The molecule has 4 rings (SSSR count). The van der Waals surface area contributed by atoms with E-state index < -0.39 is 17.3 Å². The maximum atomic E-state index is 13.2. The molecule has 1 amide bonds. The maximum Gasteiger partial charge on any atom is 0.253 e. The van der Waals surface area contributed by atoms with Gasteiger partial charge >= 0.3 is 0 Å². The lowest BCUT2D eigenvalue weighted by molar-refractivity contribution is -0.132. The second kappa shape index (κ2) is 6.99. The summed E-state index contributed by atoms with van der Waals surface area (Å²) in [5.41, 5.74) is 1.40. The van der Waals surface area contributed by atoms with Gasteiger partial charge in [-0.2, -0.15) is 0 Å². The van der Waals surface area contributed by atoms with Crippen molar-refractivity contribution in [2.75, 3.05) is 24.5 Å². The van der Waals surface area contributed by atoms with Crippen LogP contribution in [0.5, 0.6) is 0 Å². The summed E-state index contributed by atoms with van der Waals surface area (Å²) < 4.78 is 26.3. The van der Waals surface area contributed by atoms with Gasteiger partial charge < -0.3 is 10.2 Å². The second-order valence-electron chi connectivity index (χ2n) is 8.01. The number of pyridine rings is 1. The largest absolute Gasteiger partial charge is 0.355 e. The maximum absolute atomic E-state index is 13.2. The highest BCUT2D eigenvalue weighted by molar-refractivity contribution is 6.30. The number of halogens is 3. The summed E-state index contributed by atoms with van der Waals surface area (Å²) in [5, 5.41) is 3.40. The summed E-state index contributed by atoms with van der Waals surface area (Å²) in [5.74, 6) is -2.72. The van der Waals surface area contributed by atoms with Crippen LogP contribution >= 0.6 is 11.6 Å². The fourth-order valence-electron chi connectivity index (χ4n) is 3.72. The van der Waals surface area contributed by atoms with Crippen LogP contribution in [0, 0.1) is 18.3 Å². The second-order valence-corrected chi connectivity index (χ2v) is 8.44. The van der Waals surface area contributed by atoms with Crippen LogP contribution in [0.4, 0.5) is 14.6 Å². The predicted molar refractivity (Wildman–Crippen MR) is 105 cm³/mol. The van der Waals surface area contributed by atoms with Crippen molar-refractivity contribution >= 4 is 23.3 Å².